The SMILES string of the molecule is CCOC(=O)N/N=C\c1cccs1. The number of nitrogens with zero attached hydrogens (tertiary/aromatic N) is 1. The molecule has 0 spiro atoms. The van der Waals surface area contributed by atoms with Crippen molar-refractivity contribution < 1.29 is 9.53 Å². The zero-order valence-electron chi connectivity index (χ0n) is 7.19. The van der Waals surface area contributed by atoms with Gasteiger partial charge in [0, 0.05) is 4.88 Å². The topological polar surface area (TPSA) is 50.7 Å². The average molecular weight is 198 g/mol. The largest absolute Gasteiger partial charge is 0.449 e. The number of amides is 1. The minimum atomic E-state index is -0.532. The Kier molecular flexibility index (Phi) is 3.98. The summed E-state index contributed by atoms with van der Waals surface area (Å²) in [6.07, 6.45) is 1.04. The normalized spacial score (nSPS) is 10.2. The number of ether oxygens (including phenoxy) is 1. The Balaban J connectivity index is 2.30. The molecule has 0 atom stereocenters. The molecule has 1 rings (SSSR count). The van der Waals surface area contributed by atoms with Gasteiger partial charge in [-0.3, -0.25) is 0 Å². The summed E-state index contributed by atoms with van der Waals surface area (Å²) < 4.78 is 4.60. The van der Waals surface area contributed by atoms with Gasteiger partial charge in [-0.1, -0.05) is 6.07 Å². The molecule has 1 aromatic heterocycles. The van der Waals surface area contributed by atoms with E-state index in [-0.39, 0.29) is 0 Å². The van der Waals surface area contributed by atoms with Crippen LogP contribution in [0.1, 0.15) is 11.8 Å². The van der Waals surface area contributed by atoms with Crippen LogP contribution in [0.5, 0.6) is 0 Å². The number of carbonyl (C=O) groups is 1. The fourth-order valence-corrected chi connectivity index (χ4v) is 1.26. The van der Waals surface area contributed by atoms with Gasteiger partial charge in [0.25, 0.3) is 0 Å². The Labute approximate surface area is 80.2 Å². The fraction of sp³-hybridized carbons (Fsp3) is 0.250. The molecule has 70 valence electrons. The third-order valence-corrected chi connectivity index (χ3v) is 1.97. The molecule has 0 radical (unpaired) electrons. The maximum Gasteiger partial charge on any atom is 0.427 e. The number of carbonyl (C=O) groups excluding carboxylic acids is 1. The van der Waals surface area contributed by atoms with Gasteiger partial charge in [-0.15, -0.1) is 11.3 Å². The summed E-state index contributed by atoms with van der Waals surface area (Å²) in [6, 6.07) is 3.82. The number of rotatable bonds is 3. The third kappa shape index (κ3) is 3.71. The van der Waals surface area contributed by atoms with Crippen molar-refractivity contribution in [2.24, 2.45) is 5.10 Å². The number of hydrogen-bond donors (Lipinski definition) is 1. The van der Waals surface area contributed by atoms with E-state index in [1.54, 1.807) is 24.5 Å². The van der Waals surface area contributed by atoms with Gasteiger partial charge in [0.05, 0.1) is 12.8 Å². The number of hydrogen-bond acceptors (Lipinski definition) is 4. The fourth-order valence-electron chi connectivity index (χ4n) is 0.677. The zero-order chi connectivity index (χ0) is 9.52. The molecule has 0 aliphatic heterocycles. The number of nitrogens with one attached hydrogen (secondary N) is 1. The van der Waals surface area contributed by atoms with Crippen molar-refractivity contribution in [3.8, 4) is 0 Å². The quantitative estimate of drug-likeness (QED) is 0.595. The van der Waals surface area contributed by atoms with Crippen LogP contribution >= 0.6 is 11.3 Å². The van der Waals surface area contributed by atoms with Gasteiger partial charge >= 0.3 is 6.09 Å². The van der Waals surface area contributed by atoms with Gasteiger partial charge in [0.2, 0.25) is 0 Å². The molecule has 13 heavy (non-hydrogen) atoms. The van der Waals surface area contributed by atoms with Crippen molar-refractivity contribution in [3.05, 3.63) is 22.4 Å². The highest BCUT2D eigenvalue weighted by Gasteiger charge is 1.94. The Morgan fingerprint density at radius 2 is 2.69 bits per heavy atom. The summed E-state index contributed by atoms with van der Waals surface area (Å²) >= 11 is 1.55. The maximum absolute atomic E-state index is 10.7. The van der Waals surface area contributed by atoms with Crippen LogP contribution in [0.3, 0.4) is 0 Å². The molecule has 1 N–H and O–H groups in total. The molecule has 1 amide bonds. The first-order chi connectivity index (χ1) is 6.33. The smallest absolute Gasteiger partial charge is 0.427 e. The van der Waals surface area contributed by atoms with Crippen LogP contribution in [0.4, 0.5) is 4.79 Å². The number of hydrazone groups is 1. The van der Waals surface area contributed by atoms with Gasteiger partial charge in [0.15, 0.2) is 0 Å². The van der Waals surface area contributed by atoms with Crippen LogP contribution < -0.4 is 5.43 Å². The second-order valence-corrected chi connectivity index (χ2v) is 3.09. The summed E-state index contributed by atoms with van der Waals surface area (Å²) in [7, 11) is 0. The van der Waals surface area contributed by atoms with E-state index in [1.165, 1.54) is 0 Å². The highest BCUT2D eigenvalue weighted by atomic mass is 32.1. The van der Waals surface area contributed by atoms with Crippen molar-refractivity contribution in [2.45, 2.75) is 6.92 Å². The molecule has 0 bridgehead atoms. The van der Waals surface area contributed by atoms with Crippen LogP contribution in [0.2, 0.25) is 0 Å². The molecule has 0 saturated carbocycles. The number of thiophene rings is 1. The van der Waals surface area contributed by atoms with E-state index in [1.807, 2.05) is 17.5 Å². The molecule has 0 aliphatic rings. The Hall–Kier alpha value is -1.36. The molecular weight excluding hydrogens is 188 g/mol. The molecule has 0 unspecified atom stereocenters. The van der Waals surface area contributed by atoms with Gasteiger partial charge in [-0.2, -0.15) is 5.10 Å². The molecular formula is C8H10N2O2S. The lowest BCUT2D eigenvalue weighted by Crippen LogP contribution is -2.18. The van der Waals surface area contributed by atoms with E-state index in [4.69, 9.17) is 0 Å². The highest BCUT2D eigenvalue weighted by Crippen LogP contribution is 2.03. The molecule has 0 aromatic carbocycles. The summed E-state index contributed by atoms with van der Waals surface area (Å²) in [5.74, 6) is 0. The molecule has 0 aliphatic carbocycles. The van der Waals surface area contributed by atoms with Gasteiger partial charge in [0.1, 0.15) is 0 Å². The lowest BCUT2D eigenvalue weighted by molar-refractivity contribution is 0.152. The van der Waals surface area contributed by atoms with E-state index >= 15 is 0 Å². The Morgan fingerprint density at radius 3 is 3.31 bits per heavy atom. The van der Waals surface area contributed by atoms with Crippen LogP contribution in [-0.2, 0) is 4.74 Å². The van der Waals surface area contributed by atoms with E-state index < -0.39 is 6.09 Å². The van der Waals surface area contributed by atoms with Crippen LogP contribution in [-0.4, -0.2) is 18.9 Å². The second-order valence-electron chi connectivity index (χ2n) is 2.11. The van der Waals surface area contributed by atoms with Gasteiger partial charge in [-0.05, 0) is 18.4 Å². The van der Waals surface area contributed by atoms with Gasteiger partial charge < -0.3 is 4.74 Å². The van der Waals surface area contributed by atoms with E-state index in [2.05, 4.69) is 15.3 Å². The molecule has 1 heterocycles. The van der Waals surface area contributed by atoms with Crippen molar-refractivity contribution in [1.29, 1.82) is 0 Å². The van der Waals surface area contributed by atoms with E-state index in [0.29, 0.717) is 6.61 Å². The highest BCUT2D eigenvalue weighted by molar-refractivity contribution is 7.11. The minimum absolute atomic E-state index is 0.348. The lowest BCUT2D eigenvalue weighted by atomic mass is 10.5. The summed E-state index contributed by atoms with van der Waals surface area (Å²) in [6.45, 7) is 2.09. The monoisotopic (exact) mass is 198 g/mol. The van der Waals surface area contributed by atoms with Crippen molar-refractivity contribution in [2.75, 3.05) is 6.61 Å². The third-order valence-electron chi connectivity index (χ3n) is 1.17. The summed E-state index contributed by atoms with van der Waals surface area (Å²) in [5.41, 5.74) is 2.24. The van der Waals surface area contributed by atoms with Crippen molar-refractivity contribution in [3.63, 3.8) is 0 Å². The van der Waals surface area contributed by atoms with Crippen molar-refractivity contribution in [1.82, 2.24) is 5.43 Å². The molecule has 5 heteroatoms. The Morgan fingerprint density at radius 1 is 1.85 bits per heavy atom. The first kappa shape index (κ1) is 9.73. The summed E-state index contributed by atoms with van der Waals surface area (Å²) in [5, 5.41) is 5.63. The Bertz CT molecular complexity index is 282. The zero-order valence-corrected chi connectivity index (χ0v) is 8.00. The van der Waals surface area contributed by atoms with E-state index in [9.17, 15) is 4.79 Å². The van der Waals surface area contributed by atoms with Crippen LogP contribution in [0, 0.1) is 0 Å². The van der Waals surface area contributed by atoms with Crippen molar-refractivity contribution >= 4 is 23.6 Å². The molecule has 0 saturated heterocycles. The van der Waals surface area contributed by atoms with E-state index in [0.717, 1.165) is 4.88 Å². The predicted octanol–water partition coefficient (Wildman–Crippen LogP) is 1.83. The maximum atomic E-state index is 10.7. The molecule has 4 nitrogen and oxygen atoms in total. The van der Waals surface area contributed by atoms with Crippen LogP contribution in [0.25, 0.3) is 0 Å². The molecule has 1 aromatic rings. The standard InChI is InChI=1S/C8H10N2O2S/c1-2-12-8(11)10-9-6-7-4-3-5-13-7/h3-6H,2H2,1H3,(H,10,11)/b9-6-. The molecule has 0 fully saturated rings. The van der Waals surface area contributed by atoms with Crippen LogP contribution in [0.15, 0.2) is 22.6 Å². The second kappa shape index (κ2) is 5.31. The predicted molar refractivity (Wildman–Crippen MR) is 52.1 cm³/mol. The minimum Gasteiger partial charge on any atom is -0.449 e. The lowest BCUT2D eigenvalue weighted by Gasteiger charge is -1.97. The average Bonchev–Trinajstić information content (AvgIpc) is 2.57. The first-order valence-electron chi connectivity index (χ1n) is 3.82. The van der Waals surface area contributed by atoms with Gasteiger partial charge in [-0.25, -0.2) is 10.2 Å². The summed E-state index contributed by atoms with van der Waals surface area (Å²) in [4.78, 5) is 11.7. The first-order valence-corrected chi connectivity index (χ1v) is 4.70.